The lowest BCUT2D eigenvalue weighted by Gasteiger charge is -2.32. The first-order chi connectivity index (χ1) is 61.4. The fraction of sp³-hybridized carbons (Fsp3) is 0.196. The van der Waals surface area contributed by atoms with Gasteiger partial charge in [-0.2, -0.15) is 15.8 Å². The monoisotopic (exact) mass is 1820 g/mol. The summed E-state index contributed by atoms with van der Waals surface area (Å²) in [6, 6.07) is 68.0. The van der Waals surface area contributed by atoms with Crippen molar-refractivity contribution in [3.05, 3.63) is 316 Å². The summed E-state index contributed by atoms with van der Waals surface area (Å²) in [6.45, 7) is 8.10. The van der Waals surface area contributed by atoms with Gasteiger partial charge in [-0.1, -0.05) is 81.6 Å². The molecule has 2 aliphatic carbocycles. The standard InChI is InChI=1S/C36H26F2N2O4.C23H16FN3O2.C22H25BN2O4.C12H11FO3.C7H3BrFN.2CH4/c1-43-32-20-30-29(19-28(32)27-4-2-3-24(21-39)35(27)38)31(13-16-40-30)44-26-11-7-23(8-12-26)18-34(42)36(14-15-36)33(41)17-22-5-9-25(37)10-6-22;1-28-22-12-20-19(11-18(22)17-4-2-3-14(13-25)23(17)24)21(9-10-27-20)29-16-7-5-15(26)6-8-16;1-21(2)22(3,4)29-23(28-21)17-12-16-18(13-20(17)26-5)25-11-10-19(16)27-15-8-6-14(24)7-9-15;13-9-3-1-8(2-4-9)7-10(14)12(5-6-12)11(15)16;8-6-3-1-2-5(4-10)7(6)9;;/h2-13,16,19-20H,14-15,17-18H2,1H3;2-12H,26H2,1H3;6-13H,24H2,1-5H3;1-4H,5-7H2,(H,15,16);1-3H;2*1H4. The van der Waals surface area contributed by atoms with E-state index in [1.807, 2.05) is 70.2 Å². The van der Waals surface area contributed by atoms with E-state index >= 15 is 4.39 Å². The van der Waals surface area contributed by atoms with E-state index in [-0.39, 0.29) is 90.9 Å². The summed E-state index contributed by atoms with van der Waals surface area (Å²) in [4.78, 5) is 62.1. The lowest BCUT2D eigenvalue weighted by molar-refractivity contribution is -0.148. The molecule has 0 radical (unpaired) electrons. The zero-order valence-corrected chi connectivity index (χ0v) is 71.7. The van der Waals surface area contributed by atoms with Gasteiger partial charge in [-0.15, -0.1) is 0 Å². The summed E-state index contributed by atoms with van der Waals surface area (Å²) in [5.41, 5.74) is 16.0. The molecule has 17 rings (SSSR count). The highest BCUT2D eigenvalue weighted by molar-refractivity contribution is 9.10. The van der Waals surface area contributed by atoms with Crippen LogP contribution in [0.5, 0.6) is 51.7 Å². The zero-order chi connectivity index (χ0) is 91.4. The van der Waals surface area contributed by atoms with Crippen molar-refractivity contribution in [3.63, 3.8) is 0 Å². The number of benzene rings is 11. The number of hydrogen-bond donors (Lipinski definition) is 3. The van der Waals surface area contributed by atoms with E-state index in [4.69, 9.17) is 64.8 Å². The Kier molecular flexibility index (Phi) is 30.4. The molecule has 3 fully saturated rings. The Labute approximate surface area is 756 Å². The van der Waals surface area contributed by atoms with Crippen LogP contribution in [-0.2, 0) is 47.7 Å². The molecule has 1 saturated heterocycles. The summed E-state index contributed by atoms with van der Waals surface area (Å²) in [6.07, 6.45) is 7.11. The molecule has 1 aliphatic heterocycles. The van der Waals surface area contributed by atoms with Crippen molar-refractivity contribution >= 4 is 95.9 Å². The number of aliphatic carboxylic acids is 1. The van der Waals surface area contributed by atoms with Gasteiger partial charge in [-0.25, -0.2) is 22.0 Å². The highest BCUT2D eigenvalue weighted by Crippen LogP contribution is 2.50. The maximum absolute atomic E-state index is 15.1. The lowest BCUT2D eigenvalue weighted by atomic mass is 9.77. The molecule has 3 aliphatic rings. The zero-order valence-electron chi connectivity index (χ0n) is 70.2. The first kappa shape index (κ1) is 95.8. The van der Waals surface area contributed by atoms with E-state index in [1.165, 1.54) is 68.8 Å². The van der Waals surface area contributed by atoms with Crippen molar-refractivity contribution in [2.75, 3.05) is 32.8 Å². The molecular formula is C102H89BBrF5N8O13. The molecule has 4 heterocycles. The van der Waals surface area contributed by atoms with Crippen LogP contribution in [0.15, 0.2) is 254 Å². The number of nitriles is 3. The number of Topliss-reactive ketones (excluding diaryl/α,β-unsaturated/α-hetero) is 3. The normalized spacial score (nSPS) is 13.5. The van der Waals surface area contributed by atoms with Crippen LogP contribution in [0.2, 0.25) is 0 Å². The van der Waals surface area contributed by atoms with E-state index in [9.17, 15) is 42.0 Å². The van der Waals surface area contributed by atoms with Crippen LogP contribution in [0.4, 0.5) is 33.3 Å². The van der Waals surface area contributed by atoms with Gasteiger partial charge in [-0.05, 0) is 232 Å². The Bertz CT molecular complexity index is 6670. The second-order valence-electron chi connectivity index (χ2n) is 31.1. The Morgan fingerprint density at radius 2 is 0.746 bits per heavy atom. The summed E-state index contributed by atoms with van der Waals surface area (Å²) in [5, 5.41) is 37.8. The molecule has 0 amide bonds. The van der Waals surface area contributed by atoms with E-state index in [0.29, 0.717) is 137 Å². The number of ether oxygens (including phenoxy) is 6. The number of halogens is 6. The summed E-state index contributed by atoms with van der Waals surface area (Å²) in [5.74, 6) is 0.986. The van der Waals surface area contributed by atoms with E-state index < -0.39 is 52.6 Å². The van der Waals surface area contributed by atoms with E-state index in [0.717, 1.165) is 21.9 Å². The number of hydrogen-bond acceptors (Lipinski definition) is 20. The van der Waals surface area contributed by atoms with Crippen LogP contribution in [0, 0.1) is 73.9 Å². The molecule has 5 N–H and O–H groups in total. The molecule has 0 unspecified atom stereocenters. The number of methoxy groups -OCH3 is 3. The van der Waals surface area contributed by atoms with Crippen molar-refractivity contribution < 1.29 is 84.0 Å². The number of nitrogens with zero attached hydrogens (tertiary/aromatic N) is 6. The minimum atomic E-state index is -1.16. The number of aromatic nitrogens is 3. The van der Waals surface area contributed by atoms with Gasteiger partial charge in [0.2, 0.25) is 0 Å². The fourth-order valence-electron chi connectivity index (χ4n) is 14.0. The molecule has 2 saturated carbocycles. The van der Waals surface area contributed by atoms with Crippen LogP contribution in [0.3, 0.4) is 0 Å². The average Bonchev–Trinajstić information content (AvgIpc) is 1.64. The number of carbonyl (C=O) groups excluding carboxylic acids is 3. The van der Waals surface area contributed by atoms with Crippen LogP contribution in [0.25, 0.3) is 55.0 Å². The van der Waals surface area contributed by atoms with Crippen LogP contribution in [-0.4, -0.2) is 83.0 Å². The van der Waals surface area contributed by atoms with Gasteiger partial charge in [0.1, 0.15) is 98.6 Å². The predicted molar refractivity (Wildman–Crippen MR) is 491 cm³/mol. The highest BCUT2D eigenvalue weighted by atomic mass is 79.9. The van der Waals surface area contributed by atoms with E-state index in [1.54, 1.807) is 177 Å². The molecule has 3 aromatic heterocycles. The smallest absolute Gasteiger partial charge is 0.497 e. The number of ketones is 3. The van der Waals surface area contributed by atoms with Crippen LogP contribution >= 0.6 is 15.9 Å². The first-order valence-corrected chi connectivity index (χ1v) is 40.8. The topological polar surface area (TPSA) is 324 Å². The van der Waals surface area contributed by atoms with Crippen LogP contribution < -0.4 is 45.4 Å². The largest absolute Gasteiger partial charge is 0.498 e. The Morgan fingerprint density at radius 1 is 0.423 bits per heavy atom. The van der Waals surface area contributed by atoms with Gasteiger partial charge in [0.25, 0.3) is 0 Å². The molecule has 28 heteroatoms. The second-order valence-corrected chi connectivity index (χ2v) is 32.0. The molecular weight excluding hydrogens is 1730 g/mol. The molecule has 14 aromatic rings. The Morgan fingerprint density at radius 3 is 1.08 bits per heavy atom. The van der Waals surface area contributed by atoms with Gasteiger partial charge in [0.15, 0.2) is 23.2 Å². The van der Waals surface area contributed by atoms with Gasteiger partial charge in [0, 0.05) is 111 Å². The van der Waals surface area contributed by atoms with Crippen molar-refractivity contribution in [3.8, 4) is 92.2 Å². The van der Waals surface area contributed by atoms with Crippen molar-refractivity contribution in [1.29, 1.82) is 15.8 Å². The highest BCUT2D eigenvalue weighted by Gasteiger charge is 2.57. The Balaban J connectivity index is 0.000000168. The van der Waals surface area contributed by atoms with Gasteiger partial charge in [-0.3, -0.25) is 34.1 Å². The number of nitrogens with two attached hydrogens (primary N) is 2. The third kappa shape index (κ3) is 21.7. The first-order valence-electron chi connectivity index (χ1n) is 40.1. The number of carboxylic acids is 1. The number of rotatable bonds is 22. The quantitative estimate of drug-likeness (QED) is 0.0246. The lowest BCUT2D eigenvalue weighted by Crippen LogP contribution is -2.41. The number of pyridine rings is 3. The molecule has 660 valence electrons. The maximum atomic E-state index is 15.1. The fourth-order valence-corrected chi connectivity index (χ4v) is 14.4. The summed E-state index contributed by atoms with van der Waals surface area (Å²) < 4.78 is 116. The number of fused-ring (bicyclic) bond motifs is 3. The van der Waals surface area contributed by atoms with Crippen molar-refractivity contribution in [1.82, 2.24) is 15.0 Å². The van der Waals surface area contributed by atoms with Gasteiger partial charge < -0.3 is 54.3 Å². The SMILES string of the molecule is C.C.COc1cc2nccc(Oc3ccc(CC(=O)C4(C(=O)Cc5ccc(F)cc5)CC4)cc3)c2cc1-c1cccc(C#N)c1F.COc1cc2nccc(Oc3ccc(N)cc3)c2cc1-c1cccc(C#N)c1F.COc1cc2nccc(Oc3ccc(N)cc3)c2cc1B1OC(C)(C)C(C)(C)O1.N#Cc1cccc(Br)c1F.O=C(O)C1(C(=O)Cc2ccc(F)cc2)CC1. The molecule has 11 aromatic carbocycles. The number of nitrogen functional groups attached to an aromatic ring is 2. The molecule has 130 heavy (non-hydrogen) atoms. The number of anilines is 2. The maximum Gasteiger partial charge on any atom is 0.498 e. The summed E-state index contributed by atoms with van der Waals surface area (Å²) in [7, 11) is 4.07. The molecule has 0 bridgehead atoms. The minimum absolute atomic E-state index is 0. The van der Waals surface area contributed by atoms with Crippen molar-refractivity contribution in [2.45, 2.75) is 98.7 Å². The molecule has 0 atom stereocenters. The molecule has 0 spiro atoms. The van der Waals surface area contributed by atoms with E-state index in [2.05, 4.69) is 30.9 Å². The second kappa shape index (κ2) is 41.3. The third-order valence-corrected chi connectivity index (χ3v) is 22.9. The third-order valence-electron chi connectivity index (χ3n) is 22.3. The van der Waals surface area contributed by atoms with Crippen molar-refractivity contribution in [2.24, 2.45) is 10.8 Å². The van der Waals surface area contributed by atoms with Gasteiger partial charge >= 0.3 is 13.1 Å². The Hall–Kier alpha value is -14.9. The summed E-state index contributed by atoms with van der Waals surface area (Å²) >= 11 is 2.96. The van der Waals surface area contributed by atoms with Gasteiger partial charge in [0.05, 0.1) is 75.7 Å². The predicted octanol–water partition coefficient (Wildman–Crippen LogP) is 22.3. The van der Waals surface area contributed by atoms with Crippen LogP contribution in [0.1, 0.15) is 102 Å². The number of carbonyl (C=O) groups is 4. The molecule has 21 nitrogen and oxygen atoms in total. The number of carboxylic acid groups (broad SMARTS) is 1. The minimum Gasteiger partial charge on any atom is -0.497 e. The average molecular weight is 1820 g/mol.